The first kappa shape index (κ1) is 20.8. The molecule has 1 aromatic rings. The molecular formula is C21H32N2O2S. The van der Waals surface area contributed by atoms with Crippen LogP contribution in [0.3, 0.4) is 0 Å². The largest absolute Gasteiger partial charge is 0.349 e. The van der Waals surface area contributed by atoms with Crippen molar-refractivity contribution in [2.24, 2.45) is 0 Å². The minimum Gasteiger partial charge on any atom is -0.349 e. The van der Waals surface area contributed by atoms with Crippen molar-refractivity contribution in [2.75, 3.05) is 12.8 Å². The molecule has 0 spiro atoms. The summed E-state index contributed by atoms with van der Waals surface area (Å²) in [7, 11) is 1.92. The molecule has 0 aliphatic heterocycles. The molecule has 1 aliphatic carbocycles. The third-order valence-electron chi connectivity index (χ3n) is 5.32. The van der Waals surface area contributed by atoms with E-state index in [1.807, 2.05) is 36.2 Å². The van der Waals surface area contributed by atoms with Crippen molar-refractivity contribution in [3.63, 3.8) is 0 Å². The molecule has 1 saturated carbocycles. The second kappa shape index (κ2) is 10.6. The predicted octanol–water partition coefficient (Wildman–Crippen LogP) is 4.49. The van der Waals surface area contributed by atoms with Crippen LogP contribution < -0.4 is 5.32 Å². The molecule has 0 heterocycles. The normalized spacial score (nSPS) is 15.1. The number of carbonyl (C=O) groups is 2. The summed E-state index contributed by atoms with van der Waals surface area (Å²) < 4.78 is 0. The first-order valence-corrected chi connectivity index (χ1v) is 10.8. The molecule has 0 atom stereocenters. The van der Waals surface area contributed by atoms with Crippen molar-refractivity contribution in [3.05, 3.63) is 29.8 Å². The van der Waals surface area contributed by atoms with Crippen molar-refractivity contribution in [2.45, 2.75) is 75.8 Å². The average Bonchev–Trinajstić information content (AvgIpc) is 2.70. The van der Waals surface area contributed by atoms with Crippen molar-refractivity contribution in [1.29, 1.82) is 0 Å². The molecular weight excluding hydrogens is 344 g/mol. The summed E-state index contributed by atoms with van der Waals surface area (Å²) in [5.41, 5.74) is 0.664. The fraction of sp³-hybridized carbons (Fsp3) is 0.619. The Hall–Kier alpha value is -1.49. The Morgan fingerprint density at radius 3 is 2.46 bits per heavy atom. The maximum absolute atomic E-state index is 12.6. The Morgan fingerprint density at radius 2 is 1.81 bits per heavy atom. The Bertz CT molecular complexity index is 595. The molecule has 0 radical (unpaired) electrons. The average molecular weight is 377 g/mol. The summed E-state index contributed by atoms with van der Waals surface area (Å²) in [4.78, 5) is 28.0. The molecule has 0 aromatic heterocycles. The molecule has 5 heteroatoms. The summed E-state index contributed by atoms with van der Waals surface area (Å²) in [6.07, 6.45) is 7.78. The fourth-order valence-corrected chi connectivity index (χ4v) is 4.42. The highest BCUT2D eigenvalue weighted by Crippen LogP contribution is 2.26. The summed E-state index contributed by atoms with van der Waals surface area (Å²) in [6.45, 7) is 4.16. The van der Waals surface area contributed by atoms with Gasteiger partial charge in [0.05, 0.1) is 11.3 Å². The number of carbonyl (C=O) groups excluding carboxylic acids is 2. The molecule has 0 bridgehead atoms. The quantitative estimate of drug-likeness (QED) is 0.680. The van der Waals surface area contributed by atoms with E-state index in [0.29, 0.717) is 17.4 Å². The maximum Gasteiger partial charge on any atom is 0.252 e. The van der Waals surface area contributed by atoms with Crippen LogP contribution in [0.25, 0.3) is 0 Å². The monoisotopic (exact) mass is 376 g/mol. The van der Waals surface area contributed by atoms with Crippen LogP contribution in [0.5, 0.6) is 0 Å². The van der Waals surface area contributed by atoms with Gasteiger partial charge in [0.1, 0.15) is 0 Å². The number of hydrogen-bond donors (Lipinski definition) is 1. The van der Waals surface area contributed by atoms with E-state index in [1.165, 1.54) is 31.0 Å². The smallest absolute Gasteiger partial charge is 0.252 e. The number of rotatable bonds is 8. The van der Waals surface area contributed by atoms with Gasteiger partial charge in [-0.05, 0) is 37.8 Å². The summed E-state index contributed by atoms with van der Waals surface area (Å²) in [6, 6.07) is 8.15. The lowest BCUT2D eigenvalue weighted by atomic mass is 9.94. The molecule has 2 rings (SSSR count). The lowest BCUT2D eigenvalue weighted by Crippen LogP contribution is -2.39. The minimum absolute atomic E-state index is 0.0464. The van der Waals surface area contributed by atoms with Gasteiger partial charge in [-0.1, -0.05) is 45.2 Å². The molecule has 1 aromatic carbocycles. The van der Waals surface area contributed by atoms with E-state index in [1.54, 1.807) is 0 Å². The molecule has 144 valence electrons. The van der Waals surface area contributed by atoms with Crippen molar-refractivity contribution in [1.82, 2.24) is 10.2 Å². The van der Waals surface area contributed by atoms with Gasteiger partial charge >= 0.3 is 0 Å². The second-order valence-corrected chi connectivity index (χ2v) is 8.09. The van der Waals surface area contributed by atoms with Gasteiger partial charge in [-0.2, -0.15) is 0 Å². The predicted molar refractivity (Wildman–Crippen MR) is 109 cm³/mol. The van der Waals surface area contributed by atoms with E-state index >= 15 is 0 Å². The number of benzene rings is 1. The van der Waals surface area contributed by atoms with Gasteiger partial charge in [-0.25, -0.2) is 0 Å². The molecule has 0 unspecified atom stereocenters. The molecule has 2 amide bonds. The molecule has 1 fully saturated rings. The Labute approximate surface area is 162 Å². The molecule has 0 saturated heterocycles. The van der Waals surface area contributed by atoms with Gasteiger partial charge in [0.2, 0.25) is 5.91 Å². The third kappa shape index (κ3) is 5.76. The Balaban J connectivity index is 1.96. The SMILES string of the molecule is CCC(CC)NC(=O)c1ccccc1SCC(=O)N(C)C1CCCCC1. The molecule has 1 N–H and O–H groups in total. The minimum atomic E-state index is -0.0464. The highest BCUT2D eigenvalue weighted by atomic mass is 32.2. The first-order chi connectivity index (χ1) is 12.6. The summed E-state index contributed by atoms with van der Waals surface area (Å²) in [5, 5.41) is 3.09. The van der Waals surface area contributed by atoms with Gasteiger partial charge in [0.25, 0.3) is 5.91 Å². The standard InChI is InChI=1S/C21H32N2O2S/c1-4-16(5-2)22-21(25)18-13-9-10-14-19(18)26-15-20(24)23(3)17-11-7-6-8-12-17/h9-10,13-14,16-17H,4-8,11-12,15H2,1-3H3,(H,22,25). The van der Waals surface area contributed by atoms with Crippen LogP contribution in [0.2, 0.25) is 0 Å². The lowest BCUT2D eigenvalue weighted by molar-refractivity contribution is -0.129. The maximum atomic E-state index is 12.6. The van der Waals surface area contributed by atoms with E-state index in [9.17, 15) is 9.59 Å². The van der Waals surface area contributed by atoms with Crippen LogP contribution in [0.15, 0.2) is 29.2 Å². The lowest BCUT2D eigenvalue weighted by Gasteiger charge is -2.31. The van der Waals surface area contributed by atoms with Crippen LogP contribution in [0, 0.1) is 0 Å². The first-order valence-electron chi connectivity index (χ1n) is 9.85. The van der Waals surface area contributed by atoms with Crippen LogP contribution >= 0.6 is 11.8 Å². The van der Waals surface area contributed by atoms with E-state index in [4.69, 9.17) is 0 Å². The third-order valence-corrected chi connectivity index (χ3v) is 6.38. The summed E-state index contributed by atoms with van der Waals surface area (Å²) >= 11 is 1.47. The highest BCUT2D eigenvalue weighted by molar-refractivity contribution is 8.00. The van der Waals surface area contributed by atoms with E-state index in [0.717, 1.165) is 30.6 Å². The number of hydrogen-bond acceptors (Lipinski definition) is 3. The van der Waals surface area contributed by atoms with E-state index < -0.39 is 0 Å². The zero-order chi connectivity index (χ0) is 18.9. The van der Waals surface area contributed by atoms with E-state index in [2.05, 4.69) is 19.2 Å². The van der Waals surface area contributed by atoms with Crippen molar-refractivity contribution in [3.8, 4) is 0 Å². The van der Waals surface area contributed by atoms with Gasteiger partial charge in [-0.15, -0.1) is 11.8 Å². The van der Waals surface area contributed by atoms with Crippen molar-refractivity contribution < 1.29 is 9.59 Å². The van der Waals surface area contributed by atoms with Gasteiger partial charge in [0, 0.05) is 24.0 Å². The van der Waals surface area contributed by atoms with Crippen LogP contribution in [-0.4, -0.2) is 41.6 Å². The fourth-order valence-electron chi connectivity index (χ4n) is 3.45. The Morgan fingerprint density at radius 1 is 1.15 bits per heavy atom. The molecule has 26 heavy (non-hydrogen) atoms. The van der Waals surface area contributed by atoms with Crippen LogP contribution in [0.1, 0.15) is 69.2 Å². The van der Waals surface area contributed by atoms with Crippen LogP contribution in [0.4, 0.5) is 0 Å². The zero-order valence-corrected chi connectivity index (χ0v) is 17.1. The number of nitrogens with zero attached hydrogens (tertiary/aromatic N) is 1. The topological polar surface area (TPSA) is 49.4 Å². The highest BCUT2D eigenvalue weighted by Gasteiger charge is 2.22. The van der Waals surface area contributed by atoms with Crippen molar-refractivity contribution >= 4 is 23.6 Å². The second-order valence-electron chi connectivity index (χ2n) is 7.07. The molecule has 4 nitrogen and oxygen atoms in total. The number of nitrogens with one attached hydrogen (secondary N) is 1. The number of thioether (sulfide) groups is 1. The summed E-state index contributed by atoms with van der Waals surface area (Å²) in [5.74, 6) is 0.481. The van der Waals surface area contributed by atoms with Gasteiger partial charge in [-0.3, -0.25) is 9.59 Å². The molecule has 1 aliphatic rings. The van der Waals surface area contributed by atoms with E-state index in [-0.39, 0.29) is 17.9 Å². The number of amides is 2. The Kier molecular flexibility index (Phi) is 8.49. The zero-order valence-electron chi connectivity index (χ0n) is 16.3. The van der Waals surface area contributed by atoms with Gasteiger partial charge < -0.3 is 10.2 Å². The van der Waals surface area contributed by atoms with Crippen LogP contribution in [-0.2, 0) is 4.79 Å². The van der Waals surface area contributed by atoms with Gasteiger partial charge in [0.15, 0.2) is 0 Å².